The van der Waals surface area contributed by atoms with Gasteiger partial charge in [0.05, 0.1) is 0 Å². The summed E-state index contributed by atoms with van der Waals surface area (Å²) in [6, 6.07) is 0. The van der Waals surface area contributed by atoms with Gasteiger partial charge in [0.15, 0.2) is 0 Å². The fourth-order valence-corrected chi connectivity index (χ4v) is 0.761. The van der Waals surface area contributed by atoms with Crippen LogP contribution in [0.25, 0.3) is 0 Å². The van der Waals surface area contributed by atoms with Crippen molar-refractivity contribution < 1.29 is 0 Å². The number of hydrogen-bond donors (Lipinski definition) is 0. The van der Waals surface area contributed by atoms with Gasteiger partial charge in [0.1, 0.15) is 0 Å². The highest BCUT2D eigenvalue weighted by Crippen LogP contribution is 2.02. The van der Waals surface area contributed by atoms with Crippen molar-refractivity contribution in [1.82, 2.24) is 4.90 Å². The van der Waals surface area contributed by atoms with Gasteiger partial charge in [0.2, 0.25) is 6.19 Å². The number of aliphatic imine (C=N–C) groups is 1. The Kier molecular flexibility index (Phi) is 2.22. The molecule has 0 radical (unpaired) electrons. The molecule has 3 nitrogen and oxygen atoms in total. The van der Waals surface area contributed by atoms with E-state index in [0.29, 0.717) is 0 Å². The molecule has 0 saturated carbocycles. The van der Waals surface area contributed by atoms with Crippen LogP contribution in [0.5, 0.6) is 0 Å². The second-order valence-corrected chi connectivity index (χ2v) is 2.07. The van der Waals surface area contributed by atoms with Crippen molar-refractivity contribution in [3.05, 3.63) is 0 Å². The zero-order valence-corrected chi connectivity index (χ0v) is 5.25. The van der Waals surface area contributed by atoms with Crippen LogP contribution >= 0.6 is 0 Å². The Morgan fingerprint density at radius 1 is 1.67 bits per heavy atom. The Labute approximate surface area is 54.6 Å². The molecule has 0 unspecified atom stereocenters. The van der Waals surface area contributed by atoms with Gasteiger partial charge in [-0.3, -0.25) is 4.90 Å². The third kappa shape index (κ3) is 1.82. The monoisotopic (exact) mass is 123 g/mol. The molecule has 0 aromatic carbocycles. The van der Waals surface area contributed by atoms with Crippen molar-refractivity contribution in [2.75, 3.05) is 19.6 Å². The second kappa shape index (κ2) is 3.21. The molecule has 1 heterocycles. The summed E-state index contributed by atoms with van der Waals surface area (Å²) in [7, 11) is 0. The van der Waals surface area contributed by atoms with E-state index in [-0.39, 0.29) is 0 Å². The average molecular weight is 123 g/mol. The summed E-state index contributed by atoms with van der Waals surface area (Å²) < 4.78 is 0. The van der Waals surface area contributed by atoms with Crippen LogP contribution < -0.4 is 0 Å². The lowest BCUT2D eigenvalue weighted by molar-refractivity contribution is 0.212. The van der Waals surface area contributed by atoms with E-state index in [1.54, 1.807) is 12.4 Å². The fraction of sp³-hybridized carbons (Fsp3) is 0.667. The molecule has 3 heteroatoms. The first-order valence-electron chi connectivity index (χ1n) is 3.06. The lowest BCUT2D eigenvalue weighted by Crippen LogP contribution is -2.38. The minimum Gasteiger partial charge on any atom is -0.298 e. The van der Waals surface area contributed by atoms with Crippen LogP contribution in [0, 0.1) is 11.5 Å². The van der Waals surface area contributed by atoms with Gasteiger partial charge < -0.3 is 0 Å². The van der Waals surface area contributed by atoms with Gasteiger partial charge in [-0.2, -0.15) is 10.3 Å². The summed E-state index contributed by atoms with van der Waals surface area (Å²) in [5, 5.41) is 8.00. The van der Waals surface area contributed by atoms with Crippen molar-refractivity contribution in [2.24, 2.45) is 4.99 Å². The molecule has 0 atom stereocenters. The normalized spacial score (nSPS) is 19.4. The van der Waals surface area contributed by atoms with Crippen LogP contribution in [0.3, 0.4) is 0 Å². The first kappa shape index (κ1) is 6.24. The van der Waals surface area contributed by atoms with Gasteiger partial charge in [-0.25, -0.2) is 0 Å². The van der Waals surface area contributed by atoms with Gasteiger partial charge >= 0.3 is 0 Å². The molecular formula is C6H9N3. The molecule has 0 amide bonds. The molecule has 0 N–H and O–H groups in total. The van der Waals surface area contributed by atoms with E-state index in [1.165, 1.54) is 6.42 Å². The summed E-state index contributed by atoms with van der Waals surface area (Å²) in [5.41, 5.74) is 0. The molecular weight excluding hydrogens is 114 g/mol. The van der Waals surface area contributed by atoms with Crippen LogP contribution in [0.2, 0.25) is 0 Å². The summed E-state index contributed by atoms with van der Waals surface area (Å²) in [6.45, 7) is 3.17. The summed E-state index contributed by atoms with van der Waals surface area (Å²) >= 11 is 0. The number of nitriles is 1. The SMILES string of the molecule is N#CN=CCN1CCC1. The van der Waals surface area contributed by atoms with Crippen LogP contribution in [0.4, 0.5) is 0 Å². The van der Waals surface area contributed by atoms with Gasteiger partial charge in [-0.1, -0.05) is 0 Å². The van der Waals surface area contributed by atoms with E-state index in [4.69, 9.17) is 5.26 Å². The highest BCUT2D eigenvalue weighted by atomic mass is 15.2. The van der Waals surface area contributed by atoms with Crippen LogP contribution in [0.1, 0.15) is 6.42 Å². The molecule has 0 aromatic rings. The van der Waals surface area contributed by atoms with Crippen LogP contribution in [-0.2, 0) is 0 Å². The van der Waals surface area contributed by atoms with E-state index < -0.39 is 0 Å². The predicted octanol–water partition coefficient (Wildman–Crippen LogP) is 0.244. The largest absolute Gasteiger partial charge is 0.298 e. The fourth-order valence-electron chi connectivity index (χ4n) is 0.761. The van der Waals surface area contributed by atoms with E-state index >= 15 is 0 Å². The van der Waals surface area contributed by atoms with Crippen molar-refractivity contribution >= 4 is 6.21 Å². The molecule has 1 aliphatic heterocycles. The van der Waals surface area contributed by atoms with Crippen molar-refractivity contribution in [1.29, 1.82) is 5.26 Å². The Morgan fingerprint density at radius 3 is 2.89 bits per heavy atom. The number of likely N-dealkylation sites (tertiary alicyclic amines) is 1. The summed E-state index contributed by atoms with van der Waals surface area (Å²) in [5.74, 6) is 0. The predicted molar refractivity (Wildman–Crippen MR) is 35.2 cm³/mol. The highest BCUT2D eigenvalue weighted by Gasteiger charge is 2.10. The van der Waals surface area contributed by atoms with Crippen molar-refractivity contribution in [3.63, 3.8) is 0 Å². The topological polar surface area (TPSA) is 39.4 Å². The standard InChI is InChI=1S/C6H9N3/c7-6-8-2-5-9-3-1-4-9/h2H,1,3-5H2. The van der Waals surface area contributed by atoms with Gasteiger partial charge in [0, 0.05) is 12.8 Å². The molecule has 1 rings (SSSR count). The minimum atomic E-state index is 0.841. The maximum Gasteiger partial charge on any atom is 0.205 e. The highest BCUT2D eigenvalue weighted by molar-refractivity contribution is 5.60. The molecule has 9 heavy (non-hydrogen) atoms. The molecule has 48 valence electrons. The zero-order valence-electron chi connectivity index (χ0n) is 5.25. The van der Waals surface area contributed by atoms with Crippen molar-refractivity contribution in [3.8, 4) is 6.19 Å². The molecule has 0 aromatic heterocycles. The molecule has 0 spiro atoms. The Bertz CT molecular complexity index is 141. The average Bonchev–Trinajstić information content (AvgIpc) is 1.76. The lowest BCUT2D eigenvalue weighted by atomic mass is 10.2. The van der Waals surface area contributed by atoms with Gasteiger partial charge in [-0.15, -0.1) is 0 Å². The molecule has 0 aliphatic carbocycles. The smallest absolute Gasteiger partial charge is 0.205 e. The van der Waals surface area contributed by atoms with E-state index in [2.05, 4.69) is 9.89 Å². The lowest BCUT2D eigenvalue weighted by Gasteiger charge is -2.28. The number of rotatable bonds is 2. The Hall–Kier alpha value is -0.880. The first-order valence-corrected chi connectivity index (χ1v) is 3.06. The quantitative estimate of drug-likeness (QED) is 0.390. The van der Waals surface area contributed by atoms with Crippen LogP contribution in [0.15, 0.2) is 4.99 Å². The third-order valence-electron chi connectivity index (χ3n) is 1.44. The number of hydrogen-bond acceptors (Lipinski definition) is 3. The van der Waals surface area contributed by atoms with Gasteiger partial charge in [-0.05, 0) is 19.5 Å². The maximum absolute atomic E-state index is 8.00. The van der Waals surface area contributed by atoms with Crippen molar-refractivity contribution in [2.45, 2.75) is 6.42 Å². The third-order valence-corrected chi connectivity index (χ3v) is 1.44. The molecule has 1 fully saturated rings. The molecule has 1 aliphatic rings. The summed E-state index contributed by atoms with van der Waals surface area (Å²) in [6.07, 6.45) is 4.66. The minimum absolute atomic E-state index is 0.841. The zero-order chi connectivity index (χ0) is 6.53. The maximum atomic E-state index is 8.00. The number of nitrogens with zero attached hydrogens (tertiary/aromatic N) is 3. The van der Waals surface area contributed by atoms with E-state index in [0.717, 1.165) is 19.6 Å². The van der Waals surface area contributed by atoms with Gasteiger partial charge in [0.25, 0.3) is 0 Å². The van der Waals surface area contributed by atoms with E-state index in [9.17, 15) is 0 Å². The Balaban J connectivity index is 2.05. The molecule has 1 saturated heterocycles. The first-order chi connectivity index (χ1) is 4.43. The summed E-state index contributed by atoms with van der Waals surface area (Å²) in [4.78, 5) is 5.67. The van der Waals surface area contributed by atoms with Crippen LogP contribution in [-0.4, -0.2) is 30.7 Å². The van der Waals surface area contributed by atoms with E-state index in [1.807, 2.05) is 0 Å². The Morgan fingerprint density at radius 2 is 2.44 bits per heavy atom. The molecule has 0 bridgehead atoms. The second-order valence-electron chi connectivity index (χ2n) is 2.07.